The Bertz CT molecular complexity index is 1050. The first-order valence-electron chi connectivity index (χ1n) is 8.42. The van der Waals surface area contributed by atoms with Crippen molar-refractivity contribution in [1.82, 2.24) is 5.43 Å². The van der Waals surface area contributed by atoms with Crippen LogP contribution in [0.2, 0.25) is 0 Å². The Balaban J connectivity index is 1.51. The van der Waals surface area contributed by atoms with Crippen molar-refractivity contribution in [3.63, 3.8) is 0 Å². The predicted octanol–water partition coefficient (Wildman–Crippen LogP) is 4.75. The minimum absolute atomic E-state index is 0.118. The molecule has 3 N–H and O–H groups in total. The van der Waals surface area contributed by atoms with E-state index in [0.717, 1.165) is 21.8 Å². The summed E-state index contributed by atoms with van der Waals surface area (Å²) < 4.78 is 0. The maximum absolute atomic E-state index is 12.1. The van der Waals surface area contributed by atoms with Gasteiger partial charge in [-0.2, -0.15) is 5.10 Å². The van der Waals surface area contributed by atoms with E-state index < -0.39 is 0 Å². The standard InChI is InChI=1S/C21H17N3O2S/c1-13(23-24-21(26)14-6-9-16(25)10-7-14)15-8-11-20-18(12-15)22-17-4-2-3-5-19(17)27-20/h2-12,22,25H,1H3,(H,24,26). The van der Waals surface area contributed by atoms with Crippen molar-refractivity contribution in [1.29, 1.82) is 0 Å². The monoisotopic (exact) mass is 375 g/mol. The molecule has 0 bridgehead atoms. The van der Waals surface area contributed by atoms with Crippen LogP contribution in [0, 0.1) is 0 Å². The van der Waals surface area contributed by atoms with Crippen LogP contribution in [0.1, 0.15) is 22.8 Å². The minimum atomic E-state index is -0.324. The van der Waals surface area contributed by atoms with Crippen LogP contribution in [0.15, 0.2) is 81.6 Å². The normalized spacial score (nSPS) is 12.6. The van der Waals surface area contributed by atoms with Gasteiger partial charge in [0, 0.05) is 15.4 Å². The second-order valence-corrected chi connectivity index (χ2v) is 7.20. The molecular weight excluding hydrogens is 358 g/mol. The van der Waals surface area contributed by atoms with Crippen LogP contribution < -0.4 is 10.7 Å². The lowest BCUT2D eigenvalue weighted by Gasteiger charge is -2.21. The fourth-order valence-corrected chi connectivity index (χ4v) is 3.71. The number of aromatic hydroxyl groups is 1. The third-order valence-corrected chi connectivity index (χ3v) is 5.38. The Morgan fingerprint density at radius 1 is 0.963 bits per heavy atom. The molecule has 0 spiro atoms. The first kappa shape index (κ1) is 17.2. The molecule has 0 radical (unpaired) electrons. The van der Waals surface area contributed by atoms with Gasteiger partial charge in [0.15, 0.2) is 0 Å². The van der Waals surface area contributed by atoms with E-state index in [1.54, 1.807) is 23.9 Å². The highest BCUT2D eigenvalue weighted by atomic mass is 32.2. The molecular formula is C21H17N3O2S. The molecule has 0 aliphatic carbocycles. The maximum atomic E-state index is 12.1. The largest absolute Gasteiger partial charge is 0.508 e. The summed E-state index contributed by atoms with van der Waals surface area (Å²) >= 11 is 1.73. The summed E-state index contributed by atoms with van der Waals surface area (Å²) in [7, 11) is 0. The third kappa shape index (κ3) is 3.66. The second-order valence-electron chi connectivity index (χ2n) is 6.12. The van der Waals surface area contributed by atoms with E-state index in [1.165, 1.54) is 17.0 Å². The molecule has 1 heterocycles. The summed E-state index contributed by atoms with van der Waals surface area (Å²) in [6, 6.07) is 20.3. The van der Waals surface area contributed by atoms with Gasteiger partial charge in [-0.15, -0.1) is 0 Å². The SMILES string of the molecule is CC(=NNC(=O)c1ccc(O)cc1)c1ccc2c(c1)Nc1ccccc1S2. The van der Waals surface area contributed by atoms with Crippen molar-refractivity contribution < 1.29 is 9.90 Å². The molecule has 1 aliphatic rings. The molecule has 4 rings (SSSR count). The number of fused-ring (bicyclic) bond motifs is 2. The van der Waals surface area contributed by atoms with Gasteiger partial charge in [-0.3, -0.25) is 4.79 Å². The Hall–Kier alpha value is -3.25. The van der Waals surface area contributed by atoms with Gasteiger partial charge < -0.3 is 10.4 Å². The van der Waals surface area contributed by atoms with Gasteiger partial charge >= 0.3 is 0 Å². The molecule has 27 heavy (non-hydrogen) atoms. The number of carbonyl (C=O) groups excluding carboxylic acids is 1. The molecule has 134 valence electrons. The van der Waals surface area contributed by atoms with Crippen molar-refractivity contribution >= 4 is 34.8 Å². The Morgan fingerprint density at radius 2 is 1.67 bits per heavy atom. The average molecular weight is 375 g/mol. The number of nitrogens with zero attached hydrogens (tertiary/aromatic N) is 1. The van der Waals surface area contributed by atoms with Crippen molar-refractivity contribution in [3.05, 3.63) is 77.9 Å². The molecule has 1 aliphatic heterocycles. The highest BCUT2D eigenvalue weighted by molar-refractivity contribution is 7.99. The van der Waals surface area contributed by atoms with Crippen LogP contribution in [0.5, 0.6) is 5.75 Å². The number of hydrazone groups is 1. The van der Waals surface area contributed by atoms with E-state index in [4.69, 9.17) is 0 Å². The number of amides is 1. The van der Waals surface area contributed by atoms with Crippen molar-refractivity contribution in [2.24, 2.45) is 5.10 Å². The zero-order valence-corrected chi connectivity index (χ0v) is 15.4. The van der Waals surface area contributed by atoms with Crippen LogP contribution in [0.3, 0.4) is 0 Å². The van der Waals surface area contributed by atoms with Crippen molar-refractivity contribution in [2.45, 2.75) is 16.7 Å². The second kappa shape index (κ2) is 7.17. The Kier molecular flexibility index (Phi) is 4.56. The highest BCUT2D eigenvalue weighted by Crippen LogP contribution is 2.44. The smallest absolute Gasteiger partial charge is 0.271 e. The molecule has 0 fully saturated rings. The molecule has 0 aromatic heterocycles. The zero-order valence-electron chi connectivity index (χ0n) is 14.6. The summed E-state index contributed by atoms with van der Waals surface area (Å²) in [6.45, 7) is 1.85. The number of phenols is 1. The molecule has 0 unspecified atom stereocenters. The number of nitrogens with one attached hydrogen (secondary N) is 2. The zero-order chi connectivity index (χ0) is 18.8. The molecule has 0 saturated carbocycles. The summed E-state index contributed by atoms with van der Waals surface area (Å²) in [5.41, 5.74) is 6.73. The Labute approximate surface area is 161 Å². The molecule has 0 atom stereocenters. The van der Waals surface area contributed by atoms with Crippen molar-refractivity contribution in [2.75, 3.05) is 5.32 Å². The van der Waals surface area contributed by atoms with Gasteiger partial charge in [-0.1, -0.05) is 30.0 Å². The van der Waals surface area contributed by atoms with Gasteiger partial charge in [-0.05, 0) is 61.0 Å². The number of carbonyl (C=O) groups is 1. The maximum Gasteiger partial charge on any atom is 0.271 e. The minimum Gasteiger partial charge on any atom is -0.508 e. The van der Waals surface area contributed by atoms with E-state index in [2.05, 4.69) is 34.0 Å². The number of rotatable bonds is 3. The lowest BCUT2D eigenvalue weighted by molar-refractivity contribution is 0.0955. The average Bonchev–Trinajstić information content (AvgIpc) is 2.70. The van der Waals surface area contributed by atoms with Crippen LogP contribution in [0.4, 0.5) is 11.4 Å². The number of anilines is 2. The number of hydrogen-bond donors (Lipinski definition) is 3. The first-order valence-corrected chi connectivity index (χ1v) is 9.24. The van der Waals surface area contributed by atoms with Gasteiger partial charge in [0.25, 0.3) is 5.91 Å². The summed E-state index contributed by atoms with van der Waals surface area (Å²) in [4.78, 5) is 14.5. The van der Waals surface area contributed by atoms with Gasteiger partial charge in [0.1, 0.15) is 5.75 Å². The van der Waals surface area contributed by atoms with E-state index >= 15 is 0 Å². The highest BCUT2D eigenvalue weighted by Gasteiger charge is 2.16. The fraction of sp³-hybridized carbons (Fsp3) is 0.0476. The van der Waals surface area contributed by atoms with Crippen LogP contribution in [0.25, 0.3) is 0 Å². The van der Waals surface area contributed by atoms with E-state index in [1.807, 2.05) is 31.2 Å². The quantitative estimate of drug-likeness (QED) is 0.357. The molecule has 0 saturated heterocycles. The molecule has 3 aromatic rings. The Morgan fingerprint density at radius 3 is 2.48 bits per heavy atom. The topological polar surface area (TPSA) is 73.7 Å². The lowest BCUT2D eigenvalue weighted by Crippen LogP contribution is -2.19. The number of phenolic OH excluding ortho intramolecular Hbond substituents is 1. The number of benzene rings is 3. The molecule has 5 nitrogen and oxygen atoms in total. The number of hydrogen-bond acceptors (Lipinski definition) is 5. The third-order valence-electron chi connectivity index (χ3n) is 4.23. The van der Waals surface area contributed by atoms with Crippen LogP contribution in [-0.4, -0.2) is 16.7 Å². The van der Waals surface area contributed by atoms with E-state index in [0.29, 0.717) is 11.3 Å². The van der Waals surface area contributed by atoms with Gasteiger partial charge in [-0.25, -0.2) is 5.43 Å². The first-order chi connectivity index (χ1) is 13.1. The molecule has 3 aromatic carbocycles. The summed E-state index contributed by atoms with van der Waals surface area (Å²) in [5.74, 6) is -0.206. The molecule has 6 heteroatoms. The van der Waals surface area contributed by atoms with Crippen LogP contribution in [-0.2, 0) is 0 Å². The molecule has 1 amide bonds. The van der Waals surface area contributed by atoms with Gasteiger partial charge in [0.2, 0.25) is 0 Å². The van der Waals surface area contributed by atoms with Crippen LogP contribution >= 0.6 is 11.8 Å². The fourth-order valence-electron chi connectivity index (χ4n) is 2.74. The van der Waals surface area contributed by atoms with Gasteiger partial charge in [0.05, 0.1) is 17.1 Å². The summed E-state index contributed by atoms with van der Waals surface area (Å²) in [5, 5.41) is 16.9. The lowest BCUT2D eigenvalue weighted by atomic mass is 10.1. The predicted molar refractivity (Wildman–Crippen MR) is 108 cm³/mol. The summed E-state index contributed by atoms with van der Waals surface area (Å²) in [6.07, 6.45) is 0. The number of para-hydroxylation sites is 1. The van der Waals surface area contributed by atoms with E-state index in [9.17, 15) is 9.90 Å². The van der Waals surface area contributed by atoms with E-state index in [-0.39, 0.29) is 11.7 Å². The van der Waals surface area contributed by atoms with Crippen molar-refractivity contribution in [3.8, 4) is 5.75 Å².